The number of carbonyl (C=O) groups is 1. The van der Waals surface area contributed by atoms with Gasteiger partial charge in [-0.05, 0) is 44.2 Å². The van der Waals surface area contributed by atoms with Crippen molar-refractivity contribution < 1.29 is 18.0 Å². The lowest BCUT2D eigenvalue weighted by molar-refractivity contribution is -0.137. The second-order valence-electron chi connectivity index (χ2n) is 7.26. The van der Waals surface area contributed by atoms with Crippen LogP contribution in [0.5, 0.6) is 0 Å². The van der Waals surface area contributed by atoms with E-state index in [2.05, 4.69) is 10.1 Å². The number of carbonyl (C=O) groups excluding carboxylic acids is 1. The van der Waals surface area contributed by atoms with E-state index >= 15 is 0 Å². The van der Waals surface area contributed by atoms with Crippen LogP contribution in [-0.4, -0.2) is 38.2 Å². The van der Waals surface area contributed by atoms with Gasteiger partial charge in [0.15, 0.2) is 5.82 Å². The number of halogens is 3. The molecule has 0 unspecified atom stereocenters. The maximum atomic E-state index is 13.1. The van der Waals surface area contributed by atoms with Crippen molar-refractivity contribution in [2.24, 2.45) is 0 Å². The fourth-order valence-electron chi connectivity index (χ4n) is 3.49. The molecule has 1 fully saturated rings. The predicted molar refractivity (Wildman–Crippen MR) is 94.8 cm³/mol. The predicted octanol–water partition coefficient (Wildman–Crippen LogP) is 4.42. The zero-order valence-electron chi connectivity index (χ0n) is 15.6. The first-order valence-electron chi connectivity index (χ1n) is 9.12. The molecule has 5 nitrogen and oxygen atoms in total. The Balaban J connectivity index is 1.97. The molecule has 0 aromatic carbocycles. The Morgan fingerprint density at radius 2 is 1.96 bits per heavy atom. The minimum Gasteiger partial charge on any atom is -0.336 e. The van der Waals surface area contributed by atoms with Crippen LogP contribution < -0.4 is 0 Å². The second kappa shape index (κ2) is 7.32. The van der Waals surface area contributed by atoms with Crippen LogP contribution in [0.4, 0.5) is 13.2 Å². The van der Waals surface area contributed by atoms with Crippen molar-refractivity contribution in [2.45, 2.75) is 58.2 Å². The second-order valence-corrected chi connectivity index (χ2v) is 7.26. The highest BCUT2D eigenvalue weighted by atomic mass is 19.4. The summed E-state index contributed by atoms with van der Waals surface area (Å²) >= 11 is 0. The van der Waals surface area contributed by atoms with E-state index in [0.29, 0.717) is 17.8 Å². The average molecular weight is 380 g/mol. The molecule has 1 atom stereocenters. The van der Waals surface area contributed by atoms with Crippen LogP contribution in [0.1, 0.15) is 67.6 Å². The monoisotopic (exact) mass is 380 g/mol. The molecule has 0 bridgehead atoms. The first kappa shape index (κ1) is 19.4. The van der Waals surface area contributed by atoms with Gasteiger partial charge in [-0.25, -0.2) is 9.67 Å². The van der Waals surface area contributed by atoms with Gasteiger partial charge in [0.1, 0.15) is 0 Å². The van der Waals surface area contributed by atoms with E-state index in [-0.39, 0.29) is 23.7 Å². The minimum atomic E-state index is -4.44. The molecule has 27 heavy (non-hydrogen) atoms. The van der Waals surface area contributed by atoms with Crippen molar-refractivity contribution >= 4 is 5.91 Å². The summed E-state index contributed by atoms with van der Waals surface area (Å²) in [5, 5.41) is 4.27. The number of amides is 1. The van der Waals surface area contributed by atoms with Crippen LogP contribution in [0.25, 0.3) is 5.82 Å². The first-order valence-corrected chi connectivity index (χ1v) is 9.12. The van der Waals surface area contributed by atoms with Gasteiger partial charge in [-0.1, -0.05) is 13.8 Å². The minimum absolute atomic E-state index is 0.0457. The smallest absolute Gasteiger partial charge is 0.336 e. The zero-order chi connectivity index (χ0) is 19.8. The number of rotatable bonds is 3. The molecule has 2 aromatic rings. The molecule has 2 aromatic heterocycles. The fraction of sp³-hybridized carbons (Fsp3) is 0.526. The van der Waals surface area contributed by atoms with Crippen LogP contribution >= 0.6 is 0 Å². The third kappa shape index (κ3) is 3.84. The Kier molecular flexibility index (Phi) is 5.26. The van der Waals surface area contributed by atoms with Gasteiger partial charge in [0.25, 0.3) is 5.91 Å². The van der Waals surface area contributed by atoms with E-state index in [1.807, 2.05) is 25.7 Å². The van der Waals surface area contributed by atoms with Crippen molar-refractivity contribution in [1.29, 1.82) is 0 Å². The molecular formula is C19H23F3N4O. The largest absolute Gasteiger partial charge is 0.417 e. The van der Waals surface area contributed by atoms with Crippen molar-refractivity contribution in [2.75, 3.05) is 6.54 Å². The van der Waals surface area contributed by atoms with Gasteiger partial charge in [-0.2, -0.15) is 18.3 Å². The van der Waals surface area contributed by atoms with Gasteiger partial charge in [0, 0.05) is 18.8 Å². The van der Waals surface area contributed by atoms with Crippen LogP contribution in [0.3, 0.4) is 0 Å². The van der Waals surface area contributed by atoms with E-state index in [1.165, 1.54) is 16.9 Å². The Hall–Kier alpha value is -2.38. The molecule has 146 valence electrons. The van der Waals surface area contributed by atoms with E-state index in [0.717, 1.165) is 31.5 Å². The molecule has 0 N–H and O–H groups in total. The summed E-state index contributed by atoms with van der Waals surface area (Å²) in [6.45, 7) is 6.59. The number of alkyl halides is 3. The lowest BCUT2D eigenvalue weighted by Gasteiger charge is -2.33. The van der Waals surface area contributed by atoms with Crippen LogP contribution in [0, 0.1) is 0 Å². The van der Waals surface area contributed by atoms with E-state index in [9.17, 15) is 18.0 Å². The number of piperidine rings is 1. The van der Waals surface area contributed by atoms with E-state index in [1.54, 1.807) is 0 Å². The Morgan fingerprint density at radius 3 is 2.52 bits per heavy atom. The molecule has 1 amide bonds. The molecule has 3 heterocycles. The third-order valence-corrected chi connectivity index (χ3v) is 4.94. The average Bonchev–Trinajstić information content (AvgIpc) is 3.06. The van der Waals surface area contributed by atoms with Crippen LogP contribution in [-0.2, 0) is 6.18 Å². The highest BCUT2D eigenvalue weighted by Gasteiger charge is 2.32. The summed E-state index contributed by atoms with van der Waals surface area (Å²) in [6, 6.07) is 2.42. The number of pyridine rings is 1. The Labute approximate surface area is 156 Å². The van der Waals surface area contributed by atoms with Crippen molar-refractivity contribution in [1.82, 2.24) is 19.7 Å². The first-order chi connectivity index (χ1) is 12.7. The van der Waals surface area contributed by atoms with Crippen molar-refractivity contribution in [3.05, 3.63) is 41.3 Å². The van der Waals surface area contributed by atoms with Gasteiger partial charge in [0.2, 0.25) is 0 Å². The zero-order valence-corrected chi connectivity index (χ0v) is 15.6. The van der Waals surface area contributed by atoms with Gasteiger partial charge >= 0.3 is 6.18 Å². The summed E-state index contributed by atoms with van der Waals surface area (Å²) < 4.78 is 39.8. The molecule has 1 aliphatic rings. The molecule has 1 saturated heterocycles. The number of nitrogens with zero attached hydrogens (tertiary/aromatic N) is 4. The van der Waals surface area contributed by atoms with Gasteiger partial charge in [-0.15, -0.1) is 0 Å². The van der Waals surface area contributed by atoms with Crippen molar-refractivity contribution in [3.8, 4) is 5.82 Å². The lowest BCUT2D eigenvalue weighted by Crippen LogP contribution is -2.42. The van der Waals surface area contributed by atoms with Gasteiger partial charge < -0.3 is 4.90 Å². The molecule has 0 aliphatic carbocycles. The van der Waals surface area contributed by atoms with Gasteiger partial charge in [0.05, 0.1) is 23.0 Å². The summed E-state index contributed by atoms with van der Waals surface area (Å²) in [5.74, 6) is 0.136. The molecular weight excluding hydrogens is 357 g/mol. The van der Waals surface area contributed by atoms with Crippen LogP contribution in [0.2, 0.25) is 0 Å². The Morgan fingerprint density at radius 1 is 1.22 bits per heavy atom. The fourth-order valence-corrected chi connectivity index (χ4v) is 3.49. The highest BCUT2D eigenvalue weighted by molar-refractivity contribution is 5.95. The molecule has 0 radical (unpaired) electrons. The summed E-state index contributed by atoms with van der Waals surface area (Å²) in [6.07, 6.45) is 0.894. The number of aromatic nitrogens is 3. The molecule has 1 aliphatic heterocycles. The lowest BCUT2D eigenvalue weighted by atomic mass is 10.00. The highest BCUT2D eigenvalue weighted by Crippen LogP contribution is 2.30. The molecule has 3 rings (SSSR count). The SMILES string of the molecule is CC(C)c1c(C(=O)N2CCCC[C@H]2C)cnn1-c1ccc(C(F)(F)F)cn1. The van der Waals surface area contributed by atoms with Gasteiger partial charge in [-0.3, -0.25) is 4.79 Å². The number of likely N-dealkylation sites (tertiary alicyclic amines) is 1. The quantitative estimate of drug-likeness (QED) is 0.792. The standard InChI is InChI=1S/C19H23F3N4O/c1-12(2)17-15(18(27)25-9-5-4-6-13(25)3)11-24-26(17)16-8-7-14(10-23-16)19(20,21)22/h7-8,10-13H,4-6,9H2,1-3H3/t13-/m1/s1. The van der Waals surface area contributed by atoms with Crippen molar-refractivity contribution in [3.63, 3.8) is 0 Å². The molecule has 8 heteroatoms. The molecule has 0 saturated carbocycles. The normalized spacial score (nSPS) is 18.2. The van der Waals surface area contributed by atoms with Crippen LogP contribution in [0.15, 0.2) is 24.5 Å². The Bertz CT molecular complexity index is 811. The summed E-state index contributed by atoms with van der Waals surface area (Å²) in [4.78, 5) is 18.8. The summed E-state index contributed by atoms with van der Waals surface area (Å²) in [7, 11) is 0. The maximum Gasteiger partial charge on any atom is 0.417 e. The topological polar surface area (TPSA) is 51.0 Å². The van der Waals surface area contributed by atoms with E-state index < -0.39 is 11.7 Å². The number of hydrogen-bond acceptors (Lipinski definition) is 3. The third-order valence-electron chi connectivity index (χ3n) is 4.94. The summed E-state index contributed by atoms with van der Waals surface area (Å²) in [5.41, 5.74) is 0.327. The molecule has 0 spiro atoms. The number of hydrogen-bond donors (Lipinski definition) is 0. The maximum absolute atomic E-state index is 13.1. The van der Waals surface area contributed by atoms with E-state index in [4.69, 9.17) is 0 Å².